The van der Waals surface area contributed by atoms with Gasteiger partial charge in [0.2, 0.25) is 0 Å². The van der Waals surface area contributed by atoms with Crippen LogP contribution in [0.4, 0.5) is 0 Å². The summed E-state index contributed by atoms with van der Waals surface area (Å²) >= 11 is 6.29. The largest absolute Gasteiger partial charge is 0.462 e. The minimum Gasteiger partial charge on any atom is -0.462 e. The van der Waals surface area contributed by atoms with Crippen molar-refractivity contribution >= 4 is 28.3 Å². The first kappa shape index (κ1) is 20.1. The smallest absolute Gasteiger partial charge is 0.338 e. The number of carbonyl (C=O) groups excluding carboxylic acids is 1. The molecule has 0 amide bonds. The Labute approximate surface area is 168 Å². The Kier molecular flexibility index (Phi) is 5.87. The van der Waals surface area contributed by atoms with Gasteiger partial charge in [0, 0.05) is 17.4 Å². The third-order valence-corrected chi connectivity index (χ3v) is 4.69. The summed E-state index contributed by atoms with van der Waals surface area (Å²) in [6.07, 6.45) is 0. The number of ether oxygens (including phenoxy) is 1. The van der Waals surface area contributed by atoms with Gasteiger partial charge in [-0.15, -0.1) is 0 Å². The molecular weight excluding hydrogens is 376 g/mol. The van der Waals surface area contributed by atoms with Crippen molar-refractivity contribution in [3.05, 3.63) is 75.2 Å². The SMILES string of the molecule is CC(C)COC(=O)c1cccc(-n2c([C@H](C)N)cc3cccc(Cl)c3c2=O)c1. The quantitative estimate of drug-likeness (QED) is 0.643. The average Bonchev–Trinajstić information content (AvgIpc) is 2.65. The van der Waals surface area contributed by atoms with Crippen molar-refractivity contribution < 1.29 is 9.53 Å². The van der Waals surface area contributed by atoms with Crippen LogP contribution in [0.1, 0.15) is 42.9 Å². The molecule has 0 saturated heterocycles. The lowest BCUT2D eigenvalue weighted by atomic mass is 10.1. The average molecular weight is 399 g/mol. The van der Waals surface area contributed by atoms with Crippen molar-refractivity contribution in [1.82, 2.24) is 4.57 Å². The van der Waals surface area contributed by atoms with E-state index in [2.05, 4.69) is 0 Å². The van der Waals surface area contributed by atoms with Gasteiger partial charge in [0.25, 0.3) is 5.56 Å². The van der Waals surface area contributed by atoms with Crippen molar-refractivity contribution in [2.24, 2.45) is 11.7 Å². The molecule has 0 unspecified atom stereocenters. The monoisotopic (exact) mass is 398 g/mol. The van der Waals surface area contributed by atoms with E-state index in [9.17, 15) is 9.59 Å². The van der Waals surface area contributed by atoms with E-state index < -0.39 is 12.0 Å². The molecule has 0 aliphatic carbocycles. The number of hydrogen-bond donors (Lipinski definition) is 1. The molecule has 146 valence electrons. The summed E-state index contributed by atoms with van der Waals surface area (Å²) in [5.74, 6) is -0.188. The number of halogens is 1. The molecule has 1 aromatic heterocycles. The van der Waals surface area contributed by atoms with Crippen molar-refractivity contribution in [1.29, 1.82) is 0 Å². The third-order valence-electron chi connectivity index (χ3n) is 4.38. The number of benzene rings is 2. The Hall–Kier alpha value is -2.63. The molecule has 2 aromatic carbocycles. The number of carbonyl (C=O) groups is 1. The molecule has 2 N–H and O–H groups in total. The van der Waals surface area contributed by atoms with Gasteiger partial charge in [0.05, 0.1) is 22.6 Å². The first-order chi connectivity index (χ1) is 13.3. The van der Waals surface area contributed by atoms with Gasteiger partial charge in [-0.2, -0.15) is 0 Å². The van der Waals surface area contributed by atoms with Crippen LogP contribution in [0.25, 0.3) is 16.5 Å². The molecule has 1 heterocycles. The molecule has 0 radical (unpaired) electrons. The van der Waals surface area contributed by atoms with Crippen molar-refractivity contribution in [3.63, 3.8) is 0 Å². The van der Waals surface area contributed by atoms with Gasteiger partial charge in [-0.05, 0) is 48.6 Å². The van der Waals surface area contributed by atoms with Crippen molar-refractivity contribution in [2.75, 3.05) is 6.61 Å². The summed E-state index contributed by atoms with van der Waals surface area (Å²) in [6, 6.07) is 13.6. The zero-order valence-corrected chi connectivity index (χ0v) is 16.9. The zero-order chi connectivity index (χ0) is 20.4. The molecule has 0 fully saturated rings. The van der Waals surface area contributed by atoms with Crippen LogP contribution in [-0.2, 0) is 4.74 Å². The second kappa shape index (κ2) is 8.17. The second-order valence-electron chi connectivity index (χ2n) is 7.25. The lowest BCUT2D eigenvalue weighted by Crippen LogP contribution is -2.26. The number of nitrogens with two attached hydrogens (primary N) is 1. The van der Waals surface area contributed by atoms with Gasteiger partial charge in [-0.1, -0.05) is 43.6 Å². The molecule has 0 saturated carbocycles. The fourth-order valence-electron chi connectivity index (χ4n) is 3.04. The van der Waals surface area contributed by atoms with E-state index >= 15 is 0 Å². The van der Waals surface area contributed by atoms with E-state index in [1.165, 1.54) is 4.57 Å². The van der Waals surface area contributed by atoms with E-state index in [4.69, 9.17) is 22.1 Å². The lowest BCUT2D eigenvalue weighted by Gasteiger charge is -2.18. The first-order valence-electron chi connectivity index (χ1n) is 9.17. The minimum absolute atomic E-state index is 0.238. The van der Waals surface area contributed by atoms with Crippen LogP contribution >= 0.6 is 11.6 Å². The van der Waals surface area contributed by atoms with Crippen LogP contribution in [-0.4, -0.2) is 17.1 Å². The molecule has 6 heteroatoms. The highest BCUT2D eigenvalue weighted by Gasteiger charge is 2.17. The van der Waals surface area contributed by atoms with Crippen LogP contribution in [0.5, 0.6) is 0 Å². The van der Waals surface area contributed by atoms with Gasteiger partial charge in [0.15, 0.2) is 0 Å². The number of hydrogen-bond acceptors (Lipinski definition) is 4. The Morgan fingerprint density at radius 1 is 1.14 bits per heavy atom. The Morgan fingerprint density at radius 2 is 1.86 bits per heavy atom. The Morgan fingerprint density at radius 3 is 2.54 bits per heavy atom. The predicted molar refractivity (Wildman–Crippen MR) is 112 cm³/mol. The topological polar surface area (TPSA) is 74.3 Å². The summed E-state index contributed by atoms with van der Waals surface area (Å²) in [5.41, 5.74) is 7.42. The van der Waals surface area contributed by atoms with Gasteiger partial charge >= 0.3 is 5.97 Å². The number of rotatable bonds is 5. The second-order valence-corrected chi connectivity index (χ2v) is 7.65. The number of pyridine rings is 1. The van der Waals surface area contributed by atoms with E-state index in [0.29, 0.717) is 34.0 Å². The summed E-state index contributed by atoms with van der Waals surface area (Å²) in [7, 11) is 0. The summed E-state index contributed by atoms with van der Waals surface area (Å²) < 4.78 is 6.82. The molecule has 0 spiro atoms. The maximum Gasteiger partial charge on any atom is 0.338 e. The molecule has 5 nitrogen and oxygen atoms in total. The molecule has 0 bridgehead atoms. The molecule has 28 heavy (non-hydrogen) atoms. The normalized spacial score (nSPS) is 12.4. The summed E-state index contributed by atoms with van der Waals surface area (Å²) in [4.78, 5) is 25.6. The fourth-order valence-corrected chi connectivity index (χ4v) is 3.30. The third kappa shape index (κ3) is 3.96. The molecule has 1 atom stereocenters. The highest BCUT2D eigenvalue weighted by atomic mass is 35.5. The van der Waals surface area contributed by atoms with Gasteiger partial charge < -0.3 is 10.5 Å². The Bertz CT molecular complexity index is 1090. The fraction of sp³-hybridized carbons (Fsp3) is 0.273. The predicted octanol–water partition coefficient (Wildman–Crippen LogP) is 4.48. The van der Waals surface area contributed by atoms with Crippen LogP contribution in [0.3, 0.4) is 0 Å². The molecule has 3 aromatic rings. The summed E-state index contributed by atoms with van der Waals surface area (Å²) in [6.45, 7) is 6.08. The lowest BCUT2D eigenvalue weighted by molar-refractivity contribution is 0.0459. The highest BCUT2D eigenvalue weighted by molar-refractivity contribution is 6.35. The van der Waals surface area contributed by atoms with Crippen LogP contribution in [0.2, 0.25) is 5.02 Å². The Balaban J connectivity index is 2.18. The summed E-state index contributed by atoms with van der Waals surface area (Å²) in [5, 5.41) is 1.52. The highest BCUT2D eigenvalue weighted by Crippen LogP contribution is 2.25. The van der Waals surface area contributed by atoms with E-state index in [1.807, 2.05) is 32.9 Å². The molecule has 0 aliphatic heterocycles. The number of aromatic nitrogens is 1. The molecule has 3 rings (SSSR count). The van der Waals surface area contributed by atoms with E-state index in [1.54, 1.807) is 36.4 Å². The number of fused-ring (bicyclic) bond motifs is 1. The van der Waals surface area contributed by atoms with Gasteiger partial charge in [0.1, 0.15) is 0 Å². The number of nitrogens with zero attached hydrogens (tertiary/aromatic N) is 1. The van der Waals surface area contributed by atoms with Crippen molar-refractivity contribution in [2.45, 2.75) is 26.8 Å². The van der Waals surface area contributed by atoms with E-state index in [-0.39, 0.29) is 11.5 Å². The standard InChI is InChI=1S/C22H23ClN2O3/c1-13(2)12-28-22(27)16-7-4-8-17(10-16)25-19(14(3)24)11-15-6-5-9-18(23)20(15)21(25)26/h4-11,13-14H,12,24H2,1-3H3/t14-/m0/s1. The first-order valence-corrected chi connectivity index (χ1v) is 9.54. The maximum absolute atomic E-state index is 13.3. The molecule has 0 aliphatic rings. The van der Waals surface area contributed by atoms with Crippen molar-refractivity contribution in [3.8, 4) is 5.69 Å². The van der Waals surface area contributed by atoms with Crippen LogP contribution in [0, 0.1) is 5.92 Å². The maximum atomic E-state index is 13.3. The number of esters is 1. The zero-order valence-electron chi connectivity index (χ0n) is 16.1. The molecular formula is C22H23ClN2O3. The minimum atomic E-state index is -0.426. The van der Waals surface area contributed by atoms with E-state index in [0.717, 1.165) is 5.39 Å². The van der Waals surface area contributed by atoms with Gasteiger partial charge in [-0.25, -0.2) is 4.79 Å². The van der Waals surface area contributed by atoms with Crippen LogP contribution in [0.15, 0.2) is 53.3 Å². The van der Waals surface area contributed by atoms with Gasteiger partial charge in [-0.3, -0.25) is 9.36 Å². The van der Waals surface area contributed by atoms with Crippen LogP contribution < -0.4 is 11.3 Å².